The Bertz CT molecular complexity index is 411. The molecule has 18 heavy (non-hydrogen) atoms. The third-order valence-electron chi connectivity index (χ3n) is 3.98. The van der Waals surface area contributed by atoms with Gasteiger partial charge in [0.05, 0.1) is 11.1 Å². The minimum atomic E-state index is -0.517. The average molecular weight is 287 g/mol. The Labute approximate surface area is 119 Å². The maximum Gasteiger partial charge on any atom is 0.0847 e. The molecule has 0 spiro atoms. The molecule has 3 heteroatoms. The molecule has 1 atom stereocenters. The van der Waals surface area contributed by atoms with Gasteiger partial charge in [0.1, 0.15) is 0 Å². The van der Waals surface area contributed by atoms with E-state index in [9.17, 15) is 5.11 Å². The Morgan fingerprint density at radius 2 is 1.89 bits per heavy atom. The molecular formula is C15H20Cl2O. The summed E-state index contributed by atoms with van der Waals surface area (Å²) in [6.07, 6.45) is 6.17. The van der Waals surface area contributed by atoms with Crippen molar-refractivity contribution < 1.29 is 5.11 Å². The number of aliphatic hydroxyl groups excluding tert-OH is 1. The molecule has 0 aromatic heterocycles. The second-order valence-electron chi connectivity index (χ2n) is 5.13. The standard InChI is InChI=1S/C15H20Cl2O/c1-2-10-8-9-12(16)13(14(10)17)15(18)11-6-4-3-5-7-11/h8-9,11,15,18H,2-7H2,1H3. The Balaban J connectivity index is 2.30. The summed E-state index contributed by atoms with van der Waals surface area (Å²) >= 11 is 12.6. The fraction of sp³-hybridized carbons (Fsp3) is 0.600. The van der Waals surface area contributed by atoms with Gasteiger partial charge in [0.15, 0.2) is 0 Å². The number of halogens is 2. The highest BCUT2D eigenvalue weighted by Crippen LogP contribution is 2.41. The van der Waals surface area contributed by atoms with E-state index in [1.165, 1.54) is 19.3 Å². The van der Waals surface area contributed by atoms with E-state index in [0.717, 1.165) is 30.4 Å². The van der Waals surface area contributed by atoms with E-state index in [0.29, 0.717) is 16.0 Å². The smallest absolute Gasteiger partial charge is 0.0847 e. The highest BCUT2D eigenvalue weighted by molar-refractivity contribution is 6.36. The molecule has 1 aromatic rings. The number of aryl methyl sites for hydroxylation is 1. The number of benzene rings is 1. The van der Waals surface area contributed by atoms with Crippen LogP contribution in [0.5, 0.6) is 0 Å². The van der Waals surface area contributed by atoms with Crippen molar-refractivity contribution in [1.29, 1.82) is 0 Å². The van der Waals surface area contributed by atoms with Gasteiger partial charge in [-0.05, 0) is 36.8 Å². The normalized spacial score (nSPS) is 18.9. The van der Waals surface area contributed by atoms with Gasteiger partial charge in [-0.3, -0.25) is 0 Å². The van der Waals surface area contributed by atoms with Crippen LogP contribution in [0.25, 0.3) is 0 Å². The Morgan fingerprint density at radius 3 is 2.50 bits per heavy atom. The van der Waals surface area contributed by atoms with Crippen LogP contribution in [0.15, 0.2) is 12.1 Å². The number of hydrogen-bond donors (Lipinski definition) is 1. The molecule has 2 rings (SSSR count). The highest BCUT2D eigenvalue weighted by atomic mass is 35.5. The van der Waals surface area contributed by atoms with Crippen molar-refractivity contribution >= 4 is 23.2 Å². The summed E-state index contributed by atoms with van der Waals surface area (Å²) in [5.41, 5.74) is 1.80. The molecule has 0 heterocycles. The first kappa shape index (κ1) is 14.2. The monoisotopic (exact) mass is 286 g/mol. The maximum atomic E-state index is 10.6. The van der Waals surface area contributed by atoms with Crippen molar-refractivity contribution in [2.45, 2.75) is 51.6 Å². The topological polar surface area (TPSA) is 20.2 Å². The van der Waals surface area contributed by atoms with Crippen LogP contribution in [-0.4, -0.2) is 5.11 Å². The molecule has 1 N–H and O–H groups in total. The van der Waals surface area contributed by atoms with Crippen LogP contribution in [0.4, 0.5) is 0 Å². The molecule has 1 aliphatic carbocycles. The first-order valence-electron chi connectivity index (χ1n) is 6.80. The lowest BCUT2D eigenvalue weighted by atomic mass is 9.82. The molecule has 1 unspecified atom stereocenters. The van der Waals surface area contributed by atoms with Crippen molar-refractivity contribution in [3.05, 3.63) is 33.3 Å². The molecule has 100 valence electrons. The van der Waals surface area contributed by atoms with E-state index in [2.05, 4.69) is 6.92 Å². The van der Waals surface area contributed by atoms with Gasteiger partial charge < -0.3 is 5.11 Å². The molecule has 1 aromatic carbocycles. The number of hydrogen-bond acceptors (Lipinski definition) is 1. The molecule has 1 nitrogen and oxygen atoms in total. The quantitative estimate of drug-likeness (QED) is 0.813. The molecule has 0 aliphatic heterocycles. The fourth-order valence-electron chi connectivity index (χ4n) is 2.84. The van der Waals surface area contributed by atoms with Crippen LogP contribution in [0.2, 0.25) is 10.0 Å². The van der Waals surface area contributed by atoms with Crippen LogP contribution in [0.3, 0.4) is 0 Å². The third kappa shape index (κ3) is 2.84. The average Bonchev–Trinajstić information content (AvgIpc) is 2.40. The van der Waals surface area contributed by atoms with E-state index in [1.54, 1.807) is 0 Å². The molecule has 0 bridgehead atoms. The summed E-state index contributed by atoms with van der Waals surface area (Å²) in [5, 5.41) is 11.8. The van der Waals surface area contributed by atoms with Crippen molar-refractivity contribution in [2.75, 3.05) is 0 Å². The van der Waals surface area contributed by atoms with Crippen LogP contribution in [-0.2, 0) is 6.42 Å². The van der Waals surface area contributed by atoms with Crippen molar-refractivity contribution in [3.8, 4) is 0 Å². The van der Waals surface area contributed by atoms with Gasteiger partial charge in [0.2, 0.25) is 0 Å². The molecule has 0 amide bonds. The van der Waals surface area contributed by atoms with Crippen LogP contribution >= 0.6 is 23.2 Å². The lowest BCUT2D eigenvalue weighted by Gasteiger charge is -2.28. The summed E-state index contributed by atoms with van der Waals surface area (Å²) in [4.78, 5) is 0. The summed E-state index contributed by atoms with van der Waals surface area (Å²) < 4.78 is 0. The third-order valence-corrected chi connectivity index (χ3v) is 4.76. The largest absolute Gasteiger partial charge is 0.388 e. The van der Waals surface area contributed by atoms with Crippen molar-refractivity contribution in [3.63, 3.8) is 0 Å². The van der Waals surface area contributed by atoms with Gasteiger partial charge in [0.25, 0.3) is 0 Å². The summed E-state index contributed by atoms with van der Waals surface area (Å²) in [5.74, 6) is 0.306. The zero-order chi connectivity index (χ0) is 13.1. The van der Waals surface area contributed by atoms with Gasteiger partial charge in [-0.1, -0.05) is 55.5 Å². The maximum absolute atomic E-state index is 10.6. The first-order chi connectivity index (χ1) is 8.65. The fourth-order valence-corrected chi connectivity index (χ4v) is 3.57. The molecule has 1 fully saturated rings. The van der Waals surface area contributed by atoms with Gasteiger partial charge in [0, 0.05) is 10.6 Å². The van der Waals surface area contributed by atoms with Gasteiger partial charge in [-0.25, -0.2) is 0 Å². The van der Waals surface area contributed by atoms with E-state index in [4.69, 9.17) is 23.2 Å². The summed E-state index contributed by atoms with van der Waals surface area (Å²) in [6.45, 7) is 2.06. The summed E-state index contributed by atoms with van der Waals surface area (Å²) in [7, 11) is 0. The Hall–Kier alpha value is -0.240. The second-order valence-corrected chi connectivity index (χ2v) is 5.92. The van der Waals surface area contributed by atoms with Crippen LogP contribution < -0.4 is 0 Å². The van der Waals surface area contributed by atoms with E-state index < -0.39 is 6.10 Å². The highest BCUT2D eigenvalue weighted by Gasteiger charge is 2.27. The molecule has 0 radical (unpaired) electrons. The lowest BCUT2D eigenvalue weighted by Crippen LogP contribution is -2.17. The Kier molecular flexibility index (Phi) is 4.94. The minimum absolute atomic E-state index is 0.306. The molecule has 0 saturated heterocycles. The molecular weight excluding hydrogens is 267 g/mol. The van der Waals surface area contributed by atoms with Gasteiger partial charge in [-0.15, -0.1) is 0 Å². The van der Waals surface area contributed by atoms with E-state index in [1.807, 2.05) is 12.1 Å². The van der Waals surface area contributed by atoms with Crippen LogP contribution in [0.1, 0.15) is 56.3 Å². The summed E-state index contributed by atoms with van der Waals surface area (Å²) in [6, 6.07) is 3.80. The SMILES string of the molecule is CCc1ccc(Cl)c(C(O)C2CCCCC2)c1Cl. The van der Waals surface area contributed by atoms with Crippen LogP contribution in [0, 0.1) is 5.92 Å². The Morgan fingerprint density at radius 1 is 1.22 bits per heavy atom. The van der Waals surface area contributed by atoms with E-state index in [-0.39, 0.29) is 0 Å². The second kappa shape index (κ2) is 6.27. The predicted molar refractivity (Wildman–Crippen MR) is 77.4 cm³/mol. The molecule has 1 aliphatic rings. The predicted octanol–water partition coefficient (Wildman–Crippen LogP) is 5.17. The minimum Gasteiger partial charge on any atom is -0.388 e. The molecule has 1 saturated carbocycles. The van der Waals surface area contributed by atoms with Crippen molar-refractivity contribution in [2.24, 2.45) is 5.92 Å². The first-order valence-corrected chi connectivity index (χ1v) is 7.55. The van der Waals surface area contributed by atoms with Gasteiger partial charge >= 0.3 is 0 Å². The zero-order valence-electron chi connectivity index (χ0n) is 10.8. The zero-order valence-corrected chi connectivity index (χ0v) is 12.3. The van der Waals surface area contributed by atoms with E-state index >= 15 is 0 Å². The van der Waals surface area contributed by atoms with Gasteiger partial charge in [-0.2, -0.15) is 0 Å². The number of aliphatic hydroxyl groups is 1. The number of rotatable bonds is 3. The van der Waals surface area contributed by atoms with Crippen molar-refractivity contribution in [1.82, 2.24) is 0 Å². The lowest BCUT2D eigenvalue weighted by molar-refractivity contribution is 0.0849.